The number of aldehydes is 1. The predicted molar refractivity (Wildman–Crippen MR) is 132 cm³/mol. The lowest BCUT2D eigenvalue weighted by molar-refractivity contribution is -0.106. The first kappa shape index (κ1) is 24.0. The summed E-state index contributed by atoms with van der Waals surface area (Å²) in [5.74, 6) is 2.21. The number of carbonyl (C=O) groups is 1. The van der Waals surface area contributed by atoms with Crippen molar-refractivity contribution in [3.05, 3.63) is 65.6 Å². The fourth-order valence-corrected chi connectivity index (χ4v) is 3.87. The normalized spacial score (nSPS) is 10.5. The summed E-state index contributed by atoms with van der Waals surface area (Å²) < 4.78 is 16.6. The van der Waals surface area contributed by atoms with Crippen molar-refractivity contribution in [1.29, 1.82) is 0 Å². The Hall–Kier alpha value is -3.67. The second kappa shape index (κ2) is 11.3. The molecule has 0 N–H and O–H groups in total. The van der Waals surface area contributed by atoms with Crippen LogP contribution in [0.25, 0.3) is 21.7 Å². The van der Waals surface area contributed by atoms with Crippen LogP contribution >= 0.6 is 0 Å². The number of benzene rings is 2. The number of aromatic nitrogens is 2. The Kier molecular flexibility index (Phi) is 8.19. The molecule has 0 unspecified atom stereocenters. The van der Waals surface area contributed by atoms with Crippen LogP contribution in [0.5, 0.6) is 17.2 Å². The topological polar surface area (TPSA) is 70.5 Å². The third-order valence-electron chi connectivity index (χ3n) is 5.38. The fraction of sp³-hybridized carbons (Fsp3) is 0.296. The summed E-state index contributed by atoms with van der Waals surface area (Å²) in [5.41, 5.74) is 4.02. The van der Waals surface area contributed by atoms with E-state index in [0.717, 1.165) is 69.3 Å². The lowest BCUT2D eigenvalue weighted by Gasteiger charge is -2.15. The van der Waals surface area contributed by atoms with Gasteiger partial charge in [-0.25, -0.2) is 4.98 Å². The largest absolute Gasteiger partial charge is 0.494 e. The van der Waals surface area contributed by atoms with Gasteiger partial charge in [0.15, 0.2) is 11.5 Å². The summed E-state index contributed by atoms with van der Waals surface area (Å²) in [7, 11) is 4.99. The first-order valence-electron chi connectivity index (χ1n) is 10.9. The van der Waals surface area contributed by atoms with Gasteiger partial charge < -0.3 is 19.0 Å². The number of nitrogens with zero attached hydrogens (tertiary/aromatic N) is 2. The summed E-state index contributed by atoms with van der Waals surface area (Å²) in [6, 6.07) is 14.2. The predicted octanol–water partition coefficient (Wildman–Crippen LogP) is 5.56. The van der Waals surface area contributed by atoms with Crippen LogP contribution in [0, 0.1) is 0 Å². The van der Waals surface area contributed by atoms with Crippen LogP contribution in [0.1, 0.15) is 37.2 Å². The molecule has 0 saturated carbocycles. The summed E-state index contributed by atoms with van der Waals surface area (Å²) >= 11 is 0. The summed E-state index contributed by atoms with van der Waals surface area (Å²) in [6.45, 7) is 3.61. The van der Waals surface area contributed by atoms with Crippen molar-refractivity contribution >= 4 is 28.0 Å². The number of fused-ring (bicyclic) bond motifs is 2. The zero-order valence-corrected chi connectivity index (χ0v) is 19.8. The van der Waals surface area contributed by atoms with Gasteiger partial charge in [0.1, 0.15) is 17.6 Å². The minimum atomic E-state index is 0.666. The van der Waals surface area contributed by atoms with E-state index < -0.39 is 0 Å². The lowest BCUT2D eigenvalue weighted by atomic mass is 9.99. The molecule has 2 aromatic heterocycles. The van der Waals surface area contributed by atoms with Crippen LogP contribution in [0.15, 0.2) is 48.7 Å². The number of hydrogen-bond acceptors (Lipinski definition) is 6. The Labute approximate surface area is 194 Å². The van der Waals surface area contributed by atoms with E-state index in [2.05, 4.69) is 19.1 Å². The minimum Gasteiger partial charge on any atom is -0.494 e. The summed E-state index contributed by atoms with van der Waals surface area (Å²) in [6.07, 6.45) is 5.33. The molecule has 0 saturated heterocycles. The average Bonchev–Trinajstić information content (AvgIpc) is 2.84. The third kappa shape index (κ3) is 5.22. The van der Waals surface area contributed by atoms with Crippen LogP contribution in [0.4, 0.5) is 0 Å². The van der Waals surface area contributed by atoms with Crippen LogP contribution in [0.3, 0.4) is 0 Å². The number of pyridine rings is 2. The van der Waals surface area contributed by atoms with Gasteiger partial charge in [0, 0.05) is 34.8 Å². The molecule has 2 heterocycles. The van der Waals surface area contributed by atoms with E-state index in [0.29, 0.717) is 12.2 Å². The maximum Gasteiger partial charge on any atom is 0.161 e. The molecule has 172 valence electrons. The molecule has 0 amide bonds. The van der Waals surface area contributed by atoms with Gasteiger partial charge >= 0.3 is 0 Å². The Morgan fingerprint density at radius 2 is 1.58 bits per heavy atom. The quantitative estimate of drug-likeness (QED) is 0.346. The van der Waals surface area contributed by atoms with Gasteiger partial charge in [-0.3, -0.25) is 4.98 Å². The van der Waals surface area contributed by atoms with Crippen LogP contribution < -0.4 is 14.2 Å². The van der Waals surface area contributed by atoms with E-state index in [4.69, 9.17) is 29.0 Å². The Balaban J connectivity index is 0.000000968. The molecule has 0 atom stereocenters. The Bertz CT molecular complexity index is 1250. The molecule has 0 bridgehead atoms. The van der Waals surface area contributed by atoms with Crippen molar-refractivity contribution in [2.45, 2.75) is 33.1 Å². The monoisotopic (exact) mass is 446 g/mol. The molecule has 0 fully saturated rings. The SMILES string of the molecule is CC=O.CCCc1ncc(Cc2ccc3cccc(OC)c3n2)c2cc(OC)c(OC)cc12. The van der Waals surface area contributed by atoms with Crippen molar-refractivity contribution in [3.63, 3.8) is 0 Å². The van der Waals surface area contributed by atoms with E-state index in [1.54, 1.807) is 21.3 Å². The number of rotatable bonds is 7. The Morgan fingerprint density at radius 3 is 2.21 bits per heavy atom. The average molecular weight is 447 g/mol. The molecule has 33 heavy (non-hydrogen) atoms. The number of ether oxygens (including phenoxy) is 3. The van der Waals surface area contributed by atoms with E-state index in [-0.39, 0.29) is 0 Å². The molecular weight excluding hydrogens is 416 g/mol. The van der Waals surface area contributed by atoms with E-state index in [1.807, 2.05) is 36.5 Å². The smallest absolute Gasteiger partial charge is 0.161 e. The number of carbonyl (C=O) groups excluding carboxylic acids is 1. The molecule has 6 heteroatoms. The van der Waals surface area contributed by atoms with E-state index >= 15 is 0 Å². The molecule has 4 aromatic rings. The van der Waals surface area contributed by atoms with Crippen LogP contribution in [0.2, 0.25) is 0 Å². The molecule has 0 aliphatic heterocycles. The van der Waals surface area contributed by atoms with Gasteiger partial charge in [-0.1, -0.05) is 31.5 Å². The van der Waals surface area contributed by atoms with Gasteiger partial charge in [-0.05, 0) is 48.6 Å². The zero-order valence-electron chi connectivity index (χ0n) is 19.8. The maximum absolute atomic E-state index is 8.81. The maximum atomic E-state index is 8.81. The number of methoxy groups -OCH3 is 3. The second-order valence-corrected chi connectivity index (χ2v) is 7.48. The van der Waals surface area contributed by atoms with Crippen LogP contribution in [-0.4, -0.2) is 37.6 Å². The van der Waals surface area contributed by atoms with Gasteiger partial charge in [0.05, 0.1) is 21.3 Å². The molecule has 0 radical (unpaired) electrons. The highest BCUT2D eigenvalue weighted by Gasteiger charge is 2.14. The van der Waals surface area contributed by atoms with E-state index in [1.165, 1.54) is 6.92 Å². The lowest BCUT2D eigenvalue weighted by Crippen LogP contribution is -2.00. The fourth-order valence-electron chi connectivity index (χ4n) is 3.87. The molecule has 2 aromatic carbocycles. The van der Waals surface area contributed by atoms with Crippen LogP contribution in [-0.2, 0) is 17.6 Å². The molecular formula is C27H30N2O4. The highest BCUT2D eigenvalue weighted by Crippen LogP contribution is 2.35. The minimum absolute atomic E-state index is 0.666. The first-order valence-corrected chi connectivity index (χ1v) is 10.9. The van der Waals surface area contributed by atoms with Crippen molar-refractivity contribution < 1.29 is 19.0 Å². The molecule has 0 spiro atoms. The van der Waals surface area contributed by atoms with Crippen molar-refractivity contribution in [2.75, 3.05) is 21.3 Å². The summed E-state index contributed by atoms with van der Waals surface area (Å²) in [4.78, 5) is 18.5. The highest BCUT2D eigenvalue weighted by molar-refractivity contribution is 5.91. The van der Waals surface area contributed by atoms with Gasteiger partial charge in [0.2, 0.25) is 0 Å². The molecule has 6 nitrogen and oxygen atoms in total. The van der Waals surface area contributed by atoms with Gasteiger partial charge in [-0.15, -0.1) is 0 Å². The van der Waals surface area contributed by atoms with Crippen molar-refractivity contribution in [1.82, 2.24) is 9.97 Å². The number of para-hydroxylation sites is 1. The third-order valence-corrected chi connectivity index (χ3v) is 5.38. The van der Waals surface area contributed by atoms with Crippen molar-refractivity contribution in [3.8, 4) is 17.2 Å². The zero-order chi connectivity index (χ0) is 23.8. The van der Waals surface area contributed by atoms with Crippen molar-refractivity contribution in [2.24, 2.45) is 0 Å². The Morgan fingerprint density at radius 1 is 0.909 bits per heavy atom. The second-order valence-electron chi connectivity index (χ2n) is 7.48. The molecule has 0 aliphatic rings. The molecule has 4 rings (SSSR count). The highest BCUT2D eigenvalue weighted by atomic mass is 16.5. The first-order chi connectivity index (χ1) is 16.1. The van der Waals surface area contributed by atoms with E-state index in [9.17, 15) is 0 Å². The number of aryl methyl sites for hydroxylation is 1. The standard InChI is InChI=1S/C25H26N2O3.C2H4O/c1-5-7-21-20-14-24(30-4)23(29-3)13-19(20)17(15-26-21)12-18-11-10-16-8-6-9-22(28-2)25(16)27-18;1-2-3/h6,8-11,13-15H,5,7,12H2,1-4H3;2H,1H3. The molecule has 0 aliphatic carbocycles. The summed E-state index contributed by atoms with van der Waals surface area (Å²) in [5, 5.41) is 3.28. The number of hydrogen-bond donors (Lipinski definition) is 0. The van der Waals surface area contributed by atoms with Gasteiger partial charge in [-0.2, -0.15) is 0 Å². The van der Waals surface area contributed by atoms with Gasteiger partial charge in [0.25, 0.3) is 0 Å².